The number of guanidine groups is 1. The number of rotatable bonds is 6. The summed E-state index contributed by atoms with van der Waals surface area (Å²) in [6, 6.07) is 8.81. The van der Waals surface area contributed by atoms with E-state index in [0.29, 0.717) is 24.4 Å². The summed E-state index contributed by atoms with van der Waals surface area (Å²) in [6.45, 7) is 10.5. The van der Waals surface area contributed by atoms with Gasteiger partial charge >= 0.3 is 0 Å². The van der Waals surface area contributed by atoms with Gasteiger partial charge in [-0.15, -0.1) is 0 Å². The topological polar surface area (TPSA) is 65.7 Å². The molecular formula is C22H33N5O. The molecule has 0 aliphatic carbocycles. The molecule has 1 fully saturated rings. The number of piperidine rings is 1. The van der Waals surface area contributed by atoms with Crippen molar-refractivity contribution < 1.29 is 4.42 Å². The van der Waals surface area contributed by atoms with Crippen molar-refractivity contribution in [2.45, 2.75) is 46.2 Å². The Morgan fingerprint density at radius 2 is 2.07 bits per heavy atom. The molecule has 1 aliphatic rings. The lowest BCUT2D eigenvalue weighted by atomic mass is 9.97. The van der Waals surface area contributed by atoms with Gasteiger partial charge in [0.25, 0.3) is 0 Å². The van der Waals surface area contributed by atoms with E-state index in [1.807, 2.05) is 12.1 Å². The van der Waals surface area contributed by atoms with Gasteiger partial charge in [-0.05, 0) is 58.2 Å². The van der Waals surface area contributed by atoms with Crippen molar-refractivity contribution >= 4 is 5.96 Å². The highest BCUT2D eigenvalue weighted by molar-refractivity contribution is 5.79. The highest BCUT2D eigenvalue weighted by atomic mass is 16.3. The molecule has 1 unspecified atom stereocenters. The van der Waals surface area contributed by atoms with Gasteiger partial charge in [-0.2, -0.15) is 0 Å². The number of likely N-dealkylation sites (tertiary alicyclic amines) is 1. The zero-order chi connectivity index (χ0) is 19.9. The molecule has 1 atom stereocenters. The second kappa shape index (κ2) is 9.73. The zero-order valence-corrected chi connectivity index (χ0v) is 17.5. The Balaban J connectivity index is 1.47. The molecule has 1 saturated heterocycles. The summed E-state index contributed by atoms with van der Waals surface area (Å²) in [5.74, 6) is 2.12. The number of aliphatic imine (C=N–C) groups is 1. The van der Waals surface area contributed by atoms with Crippen LogP contribution in [-0.2, 0) is 6.54 Å². The van der Waals surface area contributed by atoms with E-state index in [2.05, 4.69) is 58.4 Å². The van der Waals surface area contributed by atoms with Gasteiger partial charge in [0.1, 0.15) is 6.26 Å². The fraction of sp³-hybridized carbons (Fsp3) is 0.545. The largest absolute Gasteiger partial charge is 0.444 e. The maximum Gasteiger partial charge on any atom is 0.226 e. The fourth-order valence-corrected chi connectivity index (χ4v) is 3.59. The fourth-order valence-electron chi connectivity index (χ4n) is 3.59. The van der Waals surface area contributed by atoms with Crippen molar-refractivity contribution in [2.24, 2.45) is 10.9 Å². The van der Waals surface area contributed by atoms with Gasteiger partial charge in [-0.25, -0.2) is 4.98 Å². The first-order valence-corrected chi connectivity index (χ1v) is 10.2. The van der Waals surface area contributed by atoms with Gasteiger partial charge in [-0.3, -0.25) is 4.99 Å². The van der Waals surface area contributed by atoms with Crippen LogP contribution in [0.1, 0.15) is 37.9 Å². The average Bonchev–Trinajstić information content (AvgIpc) is 3.18. The van der Waals surface area contributed by atoms with E-state index in [1.165, 1.54) is 24.9 Å². The molecule has 2 heterocycles. The summed E-state index contributed by atoms with van der Waals surface area (Å²) >= 11 is 0. The van der Waals surface area contributed by atoms with E-state index < -0.39 is 0 Å². The minimum atomic E-state index is 0.581. The molecule has 152 valence electrons. The Labute approximate surface area is 168 Å². The molecule has 2 aromatic rings. The third-order valence-corrected chi connectivity index (χ3v) is 5.35. The standard InChI is InChI=1S/C22H33N5O/c1-16(2)27-11-5-6-18(14-27)12-24-22(23-4)25-13-20-15-28-21(26-20)19-9-7-17(3)8-10-19/h7-10,15-16,18H,5-6,11-14H2,1-4H3,(H2,23,24,25). The second-order valence-electron chi connectivity index (χ2n) is 7.91. The molecule has 3 rings (SSSR count). The maximum atomic E-state index is 5.63. The zero-order valence-electron chi connectivity index (χ0n) is 17.5. The van der Waals surface area contributed by atoms with Crippen LogP contribution in [0.5, 0.6) is 0 Å². The first-order valence-electron chi connectivity index (χ1n) is 10.2. The Kier molecular flexibility index (Phi) is 7.09. The SMILES string of the molecule is CN=C(NCc1coc(-c2ccc(C)cc2)n1)NCC1CCCN(C(C)C)C1. The second-order valence-corrected chi connectivity index (χ2v) is 7.91. The normalized spacial score (nSPS) is 18.5. The minimum absolute atomic E-state index is 0.581. The lowest BCUT2D eigenvalue weighted by Gasteiger charge is -2.35. The van der Waals surface area contributed by atoms with Crippen LogP contribution in [0, 0.1) is 12.8 Å². The predicted octanol–water partition coefficient (Wildman–Crippen LogP) is 3.44. The average molecular weight is 384 g/mol. The third kappa shape index (κ3) is 5.58. The smallest absolute Gasteiger partial charge is 0.226 e. The van der Waals surface area contributed by atoms with Crippen LogP contribution < -0.4 is 10.6 Å². The number of aromatic nitrogens is 1. The molecule has 0 spiro atoms. The molecule has 0 amide bonds. The van der Waals surface area contributed by atoms with E-state index in [1.54, 1.807) is 13.3 Å². The van der Waals surface area contributed by atoms with Crippen LogP contribution in [0.15, 0.2) is 39.9 Å². The molecule has 1 aromatic carbocycles. The monoisotopic (exact) mass is 383 g/mol. The van der Waals surface area contributed by atoms with Crippen molar-refractivity contribution in [3.63, 3.8) is 0 Å². The molecule has 6 heteroatoms. The summed E-state index contributed by atoms with van der Waals surface area (Å²) in [6.07, 6.45) is 4.25. The van der Waals surface area contributed by atoms with E-state index in [9.17, 15) is 0 Å². The number of nitrogens with zero attached hydrogens (tertiary/aromatic N) is 3. The molecule has 0 saturated carbocycles. The van der Waals surface area contributed by atoms with Crippen LogP contribution in [0.2, 0.25) is 0 Å². The van der Waals surface area contributed by atoms with Gasteiger partial charge < -0.3 is 20.0 Å². The van der Waals surface area contributed by atoms with Crippen molar-refractivity contribution in [3.05, 3.63) is 41.8 Å². The number of oxazole rings is 1. The summed E-state index contributed by atoms with van der Waals surface area (Å²) in [4.78, 5) is 11.5. The highest BCUT2D eigenvalue weighted by Gasteiger charge is 2.21. The first-order chi connectivity index (χ1) is 13.5. The minimum Gasteiger partial charge on any atom is -0.444 e. The number of hydrogen-bond acceptors (Lipinski definition) is 4. The van der Waals surface area contributed by atoms with E-state index in [-0.39, 0.29) is 0 Å². The van der Waals surface area contributed by atoms with E-state index in [0.717, 1.165) is 30.3 Å². The predicted molar refractivity (Wildman–Crippen MR) is 114 cm³/mol. The van der Waals surface area contributed by atoms with Crippen LogP contribution in [0.4, 0.5) is 0 Å². The van der Waals surface area contributed by atoms with E-state index >= 15 is 0 Å². The number of benzene rings is 1. The van der Waals surface area contributed by atoms with Gasteiger partial charge in [0, 0.05) is 31.7 Å². The Hall–Kier alpha value is -2.34. The van der Waals surface area contributed by atoms with Gasteiger partial charge in [0.15, 0.2) is 5.96 Å². The number of aryl methyl sites for hydroxylation is 1. The molecule has 1 aromatic heterocycles. The third-order valence-electron chi connectivity index (χ3n) is 5.35. The Morgan fingerprint density at radius 1 is 1.29 bits per heavy atom. The highest BCUT2D eigenvalue weighted by Crippen LogP contribution is 2.19. The maximum absolute atomic E-state index is 5.63. The van der Waals surface area contributed by atoms with Crippen molar-refractivity contribution in [1.82, 2.24) is 20.5 Å². The van der Waals surface area contributed by atoms with Crippen LogP contribution in [-0.4, -0.2) is 48.6 Å². The van der Waals surface area contributed by atoms with Crippen molar-refractivity contribution in [2.75, 3.05) is 26.7 Å². The molecule has 28 heavy (non-hydrogen) atoms. The van der Waals surface area contributed by atoms with Crippen LogP contribution in [0.3, 0.4) is 0 Å². The van der Waals surface area contributed by atoms with Gasteiger partial charge in [0.2, 0.25) is 5.89 Å². The summed E-state index contributed by atoms with van der Waals surface area (Å²) in [5.41, 5.74) is 3.08. The molecule has 2 N–H and O–H groups in total. The lowest BCUT2D eigenvalue weighted by molar-refractivity contribution is 0.141. The Morgan fingerprint density at radius 3 is 2.79 bits per heavy atom. The van der Waals surface area contributed by atoms with Crippen LogP contribution >= 0.6 is 0 Å². The van der Waals surface area contributed by atoms with E-state index in [4.69, 9.17) is 4.42 Å². The molecule has 0 radical (unpaired) electrons. The summed E-state index contributed by atoms with van der Waals surface area (Å²) in [5, 5.41) is 6.80. The molecular weight excluding hydrogens is 350 g/mol. The quantitative estimate of drug-likeness (QED) is 0.591. The number of nitrogens with one attached hydrogen (secondary N) is 2. The Bertz CT molecular complexity index is 765. The molecule has 6 nitrogen and oxygen atoms in total. The van der Waals surface area contributed by atoms with Gasteiger partial charge in [-0.1, -0.05) is 17.7 Å². The summed E-state index contributed by atoms with van der Waals surface area (Å²) in [7, 11) is 1.80. The van der Waals surface area contributed by atoms with Crippen LogP contribution in [0.25, 0.3) is 11.5 Å². The van der Waals surface area contributed by atoms with Crippen molar-refractivity contribution in [3.8, 4) is 11.5 Å². The molecule has 0 bridgehead atoms. The number of hydrogen-bond donors (Lipinski definition) is 2. The van der Waals surface area contributed by atoms with Crippen molar-refractivity contribution in [1.29, 1.82) is 0 Å². The first kappa shape index (κ1) is 20.4. The summed E-state index contributed by atoms with van der Waals surface area (Å²) < 4.78 is 5.63. The molecule has 1 aliphatic heterocycles. The lowest BCUT2D eigenvalue weighted by Crippen LogP contribution is -2.46. The van der Waals surface area contributed by atoms with Gasteiger partial charge in [0.05, 0.1) is 12.2 Å².